The average Bonchev–Trinajstić information content (AvgIpc) is 2.67. The zero-order chi connectivity index (χ0) is 24.1. The summed E-state index contributed by atoms with van der Waals surface area (Å²) in [6.07, 6.45) is -4.55. The molecule has 0 saturated heterocycles. The summed E-state index contributed by atoms with van der Waals surface area (Å²) in [6, 6.07) is 6.23. The number of alkyl halides is 5. The van der Waals surface area contributed by atoms with E-state index in [0.29, 0.717) is 17.2 Å². The van der Waals surface area contributed by atoms with Gasteiger partial charge in [0.05, 0.1) is 12.2 Å². The summed E-state index contributed by atoms with van der Waals surface area (Å²) in [5.41, 5.74) is -3.39. The van der Waals surface area contributed by atoms with Crippen LogP contribution in [0.15, 0.2) is 53.0 Å². The van der Waals surface area contributed by atoms with Gasteiger partial charge in [0, 0.05) is 35.9 Å². The van der Waals surface area contributed by atoms with E-state index in [0.717, 1.165) is 17.6 Å². The SMILES string of the molecule is CC(=O)N(O)CC1=C(n2ccccc2=O)c2cc(C(F)(F)C(F)(F)F)ccc2OC1(C)C. The molecule has 1 N–H and O–H groups in total. The van der Waals surface area contributed by atoms with Gasteiger partial charge in [-0.2, -0.15) is 22.0 Å². The zero-order valence-corrected chi connectivity index (χ0v) is 17.2. The fraction of sp³-hybridized carbons (Fsp3) is 0.333. The van der Waals surface area contributed by atoms with Crippen molar-refractivity contribution in [2.24, 2.45) is 0 Å². The number of ether oxygens (including phenoxy) is 1. The Bertz CT molecular complexity index is 1150. The molecule has 1 aromatic heterocycles. The van der Waals surface area contributed by atoms with Crippen LogP contribution in [-0.4, -0.2) is 39.1 Å². The third kappa shape index (κ3) is 3.99. The first-order valence-electron chi connectivity index (χ1n) is 9.34. The number of halogens is 5. The van der Waals surface area contributed by atoms with E-state index in [4.69, 9.17) is 4.74 Å². The van der Waals surface area contributed by atoms with E-state index >= 15 is 0 Å². The molecule has 1 aliphatic rings. The summed E-state index contributed by atoms with van der Waals surface area (Å²) in [7, 11) is 0. The van der Waals surface area contributed by atoms with Crippen LogP contribution in [0.5, 0.6) is 5.75 Å². The molecular formula is C21H19F5N2O4. The van der Waals surface area contributed by atoms with Gasteiger partial charge in [0.2, 0.25) is 5.91 Å². The number of hydroxylamine groups is 2. The van der Waals surface area contributed by atoms with Crippen LogP contribution in [0.4, 0.5) is 22.0 Å². The molecule has 0 radical (unpaired) electrons. The van der Waals surface area contributed by atoms with Gasteiger partial charge in [-0.25, -0.2) is 5.06 Å². The molecule has 0 unspecified atom stereocenters. The zero-order valence-electron chi connectivity index (χ0n) is 17.2. The van der Waals surface area contributed by atoms with Crippen LogP contribution < -0.4 is 10.3 Å². The molecule has 1 aromatic carbocycles. The number of fused-ring (bicyclic) bond motifs is 1. The second-order valence-corrected chi connectivity index (χ2v) is 7.71. The van der Waals surface area contributed by atoms with Crippen molar-refractivity contribution in [3.8, 4) is 5.75 Å². The number of hydrogen-bond acceptors (Lipinski definition) is 4. The largest absolute Gasteiger partial charge is 0.483 e. The van der Waals surface area contributed by atoms with E-state index in [1.165, 1.54) is 24.4 Å². The first-order valence-corrected chi connectivity index (χ1v) is 9.34. The third-order valence-electron chi connectivity index (χ3n) is 5.07. The van der Waals surface area contributed by atoms with E-state index in [1.807, 2.05) is 0 Å². The summed E-state index contributed by atoms with van der Waals surface area (Å²) in [4.78, 5) is 24.2. The predicted octanol–water partition coefficient (Wildman–Crippen LogP) is 4.17. The van der Waals surface area contributed by atoms with Crippen molar-refractivity contribution in [3.63, 3.8) is 0 Å². The lowest BCUT2D eigenvalue weighted by Crippen LogP contribution is -2.43. The number of hydrogen-bond donors (Lipinski definition) is 1. The van der Waals surface area contributed by atoms with Gasteiger partial charge in [-0.15, -0.1) is 0 Å². The van der Waals surface area contributed by atoms with E-state index in [1.54, 1.807) is 13.8 Å². The number of nitrogens with zero attached hydrogens (tertiary/aromatic N) is 2. The topological polar surface area (TPSA) is 71.8 Å². The van der Waals surface area contributed by atoms with Gasteiger partial charge in [0.25, 0.3) is 5.56 Å². The summed E-state index contributed by atoms with van der Waals surface area (Å²) in [6.45, 7) is 3.68. The average molecular weight is 458 g/mol. The molecule has 172 valence electrons. The molecule has 0 atom stereocenters. The molecule has 1 amide bonds. The Morgan fingerprint density at radius 2 is 1.81 bits per heavy atom. The number of carbonyl (C=O) groups excluding carboxylic acids is 1. The van der Waals surface area contributed by atoms with Crippen molar-refractivity contribution in [3.05, 3.63) is 69.6 Å². The van der Waals surface area contributed by atoms with E-state index < -0.39 is 41.3 Å². The number of pyridine rings is 1. The maximum absolute atomic E-state index is 14.1. The number of carbonyl (C=O) groups is 1. The standard InChI is InChI=1S/C21H19F5N2O4/c1-12(29)28(31)11-15-18(27-9-5-4-6-17(27)30)14-10-13(20(22,23)21(24,25)26)7-8-16(14)32-19(15,2)3/h4-10,31H,11H2,1-3H3. The maximum atomic E-state index is 14.1. The summed E-state index contributed by atoms with van der Waals surface area (Å²) in [5.74, 6) is -5.96. The summed E-state index contributed by atoms with van der Waals surface area (Å²) < 4.78 is 73.9. The van der Waals surface area contributed by atoms with Crippen molar-refractivity contribution in [2.75, 3.05) is 6.54 Å². The molecule has 3 rings (SSSR count). The van der Waals surface area contributed by atoms with Gasteiger partial charge in [-0.3, -0.25) is 19.4 Å². The Morgan fingerprint density at radius 3 is 2.38 bits per heavy atom. The van der Waals surface area contributed by atoms with E-state index in [2.05, 4.69) is 0 Å². The molecular weight excluding hydrogens is 439 g/mol. The smallest absolute Gasteiger partial charge is 0.458 e. The minimum atomic E-state index is -5.84. The van der Waals surface area contributed by atoms with Gasteiger partial charge < -0.3 is 4.74 Å². The molecule has 2 heterocycles. The lowest BCUT2D eigenvalue weighted by atomic mass is 9.87. The first kappa shape index (κ1) is 23.5. The maximum Gasteiger partial charge on any atom is 0.458 e. The lowest BCUT2D eigenvalue weighted by molar-refractivity contribution is -0.289. The van der Waals surface area contributed by atoms with E-state index in [9.17, 15) is 36.7 Å². The molecule has 1 aliphatic heterocycles. The van der Waals surface area contributed by atoms with Crippen molar-refractivity contribution in [1.29, 1.82) is 0 Å². The molecule has 11 heteroatoms. The Morgan fingerprint density at radius 1 is 1.16 bits per heavy atom. The highest BCUT2D eigenvalue weighted by atomic mass is 19.4. The van der Waals surface area contributed by atoms with Crippen LogP contribution in [0.2, 0.25) is 0 Å². The normalized spacial score (nSPS) is 15.8. The van der Waals surface area contributed by atoms with Crippen molar-refractivity contribution >= 4 is 11.6 Å². The number of aromatic nitrogens is 1. The minimum absolute atomic E-state index is 0.0430. The Hall–Kier alpha value is -3.21. The summed E-state index contributed by atoms with van der Waals surface area (Å²) >= 11 is 0. The van der Waals surface area contributed by atoms with Gasteiger partial charge >= 0.3 is 12.1 Å². The van der Waals surface area contributed by atoms with Crippen LogP contribution in [-0.2, 0) is 10.7 Å². The Balaban J connectivity index is 2.37. The lowest BCUT2D eigenvalue weighted by Gasteiger charge is -2.38. The molecule has 0 saturated carbocycles. The van der Waals surface area contributed by atoms with Crippen molar-refractivity contribution < 1.29 is 36.7 Å². The second kappa shape index (κ2) is 7.73. The monoisotopic (exact) mass is 458 g/mol. The van der Waals surface area contributed by atoms with Crippen LogP contribution in [0.1, 0.15) is 31.9 Å². The second-order valence-electron chi connectivity index (χ2n) is 7.71. The van der Waals surface area contributed by atoms with Crippen molar-refractivity contribution in [1.82, 2.24) is 9.63 Å². The van der Waals surface area contributed by atoms with Crippen LogP contribution in [0, 0.1) is 0 Å². The fourth-order valence-corrected chi connectivity index (χ4v) is 3.36. The van der Waals surface area contributed by atoms with E-state index in [-0.39, 0.29) is 22.6 Å². The highest BCUT2D eigenvalue weighted by molar-refractivity contribution is 5.79. The molecule has 32 heavy (non-hydrogen) atoms. The third-order valence-corrected chi connectivity index (χ3v) is 5.07. The molecule has 6 nitrogen and oxygen atoms in total. The molecule has 0 spiro atoms. The van der Waals surface area contributed by atoms with Gasteiger partial charge in [-0.05, 0) is 38.1 Å². The van der Waals surface area contributed by atoms with Crippen LogP contribution >= 0.6 is 0 Å². The Labute approximate surface area is 179 Å². The number of rotatable bonds is 4. The molecule has 0 aliphatic carbocycles. The first-order chi connectivity index (χ1) is 14.7. The minimum Gasteiger partial charge on any atom is -0.483 e. The number of benzene rings is 1. The number of amides is 1. The fourth-order valence-electron chi connectivity index (χ4n) is 3.36. The molecule has 2 aromatic rings. The predicted molar refractivity (Wildman–Crippen MR) is 103 cm³/mol. The van der Waals surface area contributed by atoms with Gasteiger partial charge in [0.15, 0.2) is 0 Å². The highest BCUT2D eigenvalue weighted by Gasteiger charge is 2.59. The van der Waals surface area contributed by atoms with Crippen LogP contribution in [0.3, 0.4) is 0 Å². The Kier molecular flexibility index (Phi) is 5.67. The molecule has 0 fully saturated rings. The summed E-state index contributed by atoms with van der Waals surface area (Å²) in [5, 5.41) is 10.3. The van der Waals surface area contributed by atoms with Gasteiger partial charge in [0.1, 0.15) is 11.4 Å². The van der Waals surface area contributed by atoms with Gasteiger partial charge in [-0.1, -0.05) is 6.07 Å². The quantitative estimate of drug-likeness (QED) is 0.424. The van der Waals surface area contributed by atoms with Crippen LogP contribution in [0.25, 0.3) is 5.70 Å². The highest BCUT2D eigenvalue weighted by Crippen LogP contribution is 2.47. The molecule has 0 bridgehead atoms. The van der Waals surface area contributed by atoms with Crippen molar-refractivity contribution in [2.45, 2.75) is 38.5 Å².